The first kappa shape index (κ1) is 20.6. The van der Waals surface area contributed by atoms with Crippen LogP contribution in [0.15, 0.2) is 30.6 Å². The summed E-state index contributed by atoms with van der Waals surface area (Å²) in [6.45, 7) is 5.58. The van der Waals surface area contributed by atoms with Gasteiger partial charge in [0.1, 0.15) is 0 Å². The number of aryl methyl sites for hydroxylation is 2. The van der Waals surface area contributed by atoms with Crippen LogP contribution in [0.5, 0.6) is 0 Å². The zero-order valence-electron chi connectivity index (χ0n) is 18.5. The van der Waals surface area contributed by atoms with E-state index in [1.807, 2.05) is 29.3 Å². The van der Waals surface area contributed by atoms with Gasteiger partial charge < -0.3 is 10.2 Å². The first-order chi connectivity index (χ1) is 15.5. The molecule has 2 fully saturated rings. The normalized spacial score (nSPS) is 18.3. The predicted octanol–water partition coefficient (Wildman–Crippen LogP) is 3.04. The van der Waals surface area contributed by atoms with Gasteiger partial charge in [-0.2, -0.15) is 5.10 Å². The van der Waals surface area contributed by atoms with Crippen molar-refractivity contribution in [3.05, 3.63) is 53.2 Å². The van der Waals surface area contributed by atoms with E-state index < -0.39 is 0 Å². The lowest BCUT2D eigenvalue weighted by atomic mass is 10.1. The van der Waals surface area contributed by atoms with Crippen LogP contribution in [0.25, 0.3) is 5.65 Å². The van der Waals surface area contributed by atoms with Crippen molar-refractivity contribution >= 4 is 23.1 Å². The molecule has 5 rings (SSSR count). The topological polar surface area (TPSA) is 92.5 Å². The first-order valence-electron chi connectivity index (χ1n) is 11.3. The number of carbonyl (C=O) groups excluding carboxylic acids is 2. The largest absolute Gasteiger partial charge is 0.342 e. The van der Waals surface area contributed by atoms with Crippen LogP contribution in [0, 0.1) is 19.8 Å². The lowest BCUT2D eigenvalue weighted by Gasteiger charge is -2.15. The predicted molar refractivity (Wildman–Crippen MR) is 120 cm³/mol. The standard InChI is InChI=1S/C24H28N6O2/c1-15-20(7-8-23(31)27-19-4-3-10-25-13-19)16(2)30-22(26-15)12-21(28-30)18-9-11-29(14-18)24(32)17-5-6-17/h3-4,10,12-13,17-18H,5-9,11,14H2,1-2H3,(H,27,31). The van der Waals surface area contributed by atoms with Crippen molar-refractivity contribution in [3.8, 4) is 0 Å². The van der Waals surface area contributed by atoms with Gasteiger partial charge >= 0.3 is 0 Å². The van der Waals surface area contributed by atoms with E-state index in [0.717, 1.165) is 60.6 Å². The Morgan fingerprint density at radius 1 is 1.22 bits per heavy atom. The summed E-state index contributed by atoms with van der Waals surface area (Å²) in [5.41, 5.74) is 5.50. The van der Waals surface area contributed by atoms with Crippen LogP contribution >= 0.6 is 0 Å². The second-order valence-electron chi connectivity index (χ2n) is 8.93. The summed E-state index contributed by atoms with van der Waals surface area (Å²) in [6.07, 6.45) is 7.29. The van der Waals surface area contributed by atoms with Gasteiger partial charge in [0.25, 0.3) is 0 Å². The van der Waals surface area contributed by atoms with Gasteiger partial charge in [0.15, 0.2) is 5.65 Å². The van der Waals surface area contributed by atoms with Crippen molar-refractivity contribution in [2.75, 3.05) is 18.4 Å². The molecule has 2 aliphatic rings. The summed E-state index contributed by atoms with van der Waals surface area (Å²) in [4.78, 5) is 35.6. The van der Waals surface area contributed by atoms with E-state index in [4.69, 9.17) is 10.1 Å². The molecule has 1 aliphatic carbocycles. The van der Waals surface area contributed by atoms with Gasteiger partial charge in [0.2, 0.25) is 11.8 Å². The van der Waals surface area contributed by atoms with Gasteiger partial charge in [-0.1, -0.05) is 0 Å². The molecule has 0 bridgehead atoms. The Labute approximate surface area is 187 Å². The van der Waals surface area contributed by atoms with E-state index in [1.54, 1.807) is 18.5 Å². The summed E-state index contributed by atoms with van der Waals surface area (Å²) in [5, 5.41) is 7.73. The summed E-state index contributed by atoms with van der Waals surface area (Å²) >= 11 is 0. The molecule has 4 heterocycles. The van der Waals surface area contributed by atoms with Crippen molar-refractivity contribution in [3.63, 3.8) is 0 Å². The Kier molecular flexibility index (Phi) is 5.36. The lowest BCUT2D eigenvalue weighted by molar-refractivity contribution is -0.131. The molecule has 1 saturated carbocycles. The van der Waals surface area contributed by atoms with Gasteiger partial charge in [-0.15, -0.1) is 0 Å². The summed E-state index contributed by atoms with van der Waals surface area (Å²) in [5.74, 6) is 0.782. The number of amides is 2. The minimum atomic E-state index is -0.0515. The monoisotopic (exact) mass is 432 g/mol. The average molecular weight is 433 g/mol. The van der Waals surface area contributed by atoms with E-state index >= 15 is 0 Å². The molecule has 3 aromatic rings. The number of nitrogens with one attached hydrogen (secondary N) is 1. The SMILES string of the molecule is Cc1nc2cc(C3CCN(C(=O)C4CC4)C3)nn2c(C)c1CCC(=O)Nc1cccnc1. The maximum absolute atomic E-state index is 12.4. The number of rotatable bonds is 6. The highest BCUT2D eigenvalue weighted by atomic mass is 16.2. The third-order valence-corrected chi connectivity index (χ3v) is 6.58. The number of anilines is 1. The molecule has 1 atom stereocenters. The van der Waals surface area contributed by atoms with Crippen LogP contribution in [0.2, 0.25) is 0 Å². The molecule has 166 valence electrons. The fourth-order valence-corrected chi connectivity index (χ4v) is 4.59. The van der Waals surface area contributed by atoms with Crippen molar-refractivity contribution in [2.45, 2.75) is 51.9 Å². The van der Waals surface area contributed by atoms with Crippen molar-refractivity contribution in [1.82, 2.24) is 24.5 Å². The number of aromatic nitrogens is 4. The minimum Gasteiger partial charge on any atom is -0.342 e. The van der Waals surface area contributed by atoms with E-state index in [2.05, 4.69) is 16.4 Å². The molecule has 0 spiro atoms. The molecule has 0 radical (unpaired) electrons. The van der Waals surface area contributed by atoms with E-state index in [-0.39, 0.29) is 17.7 Å². The van der Waals surface area contributed by atoms with E-state index in [0.29, 0.717) is 24.4 Å². The quantitative estimate of drug-likeness (QED) is 0.646. The van der Waals surface area contributed by atoms with Crippen LogP contribution in [-0.2, 0) is 16.0 Å². The molecule has 0 aromatic carbocycles. The van der Waals surface area contributed by atoms with Crippen LogP contribution in [-0.4, -0.2) is 49.4 Å². The number of hydrogen-bond acceptors (Lipinski definition) is 5. The molecule has 1 N–H and O–H groups in total. The van der Waals surface area contributed by atoms with Crippen LogP contribution in [0.3, 0.4) is 0 Å². The fourth-order valence-electron chi connectivity index (χ4n) is 4.59. The highest BCUT2D eigenvalue weighted by Crippen LogP contribution is 2.35. The summed E-state index contributed by atoms with van der Waals surface area (Å²) < 4.78 is 1.89. The number of nitrogens with zero attached hydrogens (tertiary/aromatic N) is 5. The molecule has 8 heteroatoms. The zero-order chi connectivity index (χ0) is 22.2. The smallest absolute Gasteiger partial charge is 0.225 e. The van der Waals surface area contributed by atoms with Crippen molar-refractivity contribution in [1.29, 1.82) is 0 Å². The van der Waals surface area contributed by atoms with Gasteiger partial charge in [0, 0.05) is 55.0 Å². The Morgan fingerprint density at radius 3 is 2.81 bits per heavy atom. The molecular formula is C24H28N6O2. The van der Waals surface area contributed by atoms with Crippen LogP contribution in [0.4, 0.5) is 5.69 Å². The van der Waals surface area contributed by atoms with Crippen molar-refractivity contribution in [2.24, 2.45) is 5.92 Å². The fraction of sp³-hybridized carbons (Fsp3) is 0.458. The number of pyridine rings is 1. The maximum atomic E-state index is 12.4. The van der Waals surface area contributed by atoms with Gasteiger partial charge in [-0.25, -0.2) is 9.50 Å². The van der Waals surface area contributed by atoms with E-state index in [9.17, 15) is 9.59 Å². The Balaban J connectivity index is 1.29. The highest BCUT2D eigenvalue weighted by Gasteiger charge is 2.37. The number of carbonyl (C=O) groups is 2. The Hall–Kier alpha value is -3.29. The van der Waals surface area contributed by atoms with Gasteiger partial charge in [-0.3, -0.25) is 14.6 Å². The van der Waals surface area contributed by atoms with Gasteiger partial charge in [0.05, 0.1) is 17.6 Å². The second kappa shape index (κ2) is 8.33. The number of hydrogen-bond donors (Lipinski definition) is 1. The highest BCUT2D eigenvalue weighted by molar-refractivity contribution is 5.90. The molecule has 8 nitrogen and oxygen atoms in total. The first-order valence-corrected chi connectivity index (χ1v) is 11.3. The lowest BCUT2D eigenvalue weighted by Crippen LogP contribution is -2.29. The molecule has 1 saturated heterocycles. The number of likely N-dealkylation sites (tertiary alicyclic amines) is 1. The second-order valence-corrected chi connectivity index (χ2v) is 8.93. The molecular weight excluding hydrogens is 404 g/mol. The third-order valence-electron chi connectivity index (χ3n) is 6.58. The average Bonchev–Trinajstić information content (AvgIpc) is 3.35. The Bertz CT molecular complexity index is 1170. The molecule has 32 heavy (non-hydrogen) atoms. The molecule has 1 unspecified atom stereocenters. The van der Waals surface area contributed by atoms with Crippen LogP contribution < -0.4 is 5.32 Å². The molecule has 2 amide bonds. The maximum Gasteiger partial charge on any atom is 0.225 e. The molecule has 1 aliphatic heterocycles. The minimum absolute atomic E-state index is 0.0515. The van der Waals surface area contributed by atoms with Crippen LogP contribution in [0.1, 0.15) is 54.2 Å². The summed E-state index contributed by atoms with van der Waals surface area (Å²) in [6, 6.07) is 5.67. The summed E-state index contributed by atoms with van der Waals surface area (Å²) in [7, 11) is 0. The molecule has 3 aromatic heterocycles. The van der Waals surface area contributed by atoms with E-state index in [1.165, 1.54) is 0 Å². The third kappa shape index (κ3) is 4.09. The number of fused-ring (bicyclic) bond motifs is 1. The Morgan fingerprint density at radius 2 is 2.06 bits per heavy atom. The van der Waals surface area contributed by atoms with Gasteiger partial charge in [-0.05, 0) is 57.2 Å². The van der Waals surface area contributed by atoms with Crippen molar-refractivity contribution < 1.29 is 9.59 Å². The zero-order valence-corrected chi connectivity index (χ0v) is 18.5.